The predicted octanol–water partition coefficient (Wildman–Crippen LogP) is 3.71. The summed E-state index contributed by atoms with van der Waals surface area (Å²) in [6, 6.07) is 9.14. The Balaban J connectivity index is 1.75. The zero-order valence-corrected chi connectivity index (χ0v) is 11.7. The van der Waals surface area contributed by atoms with Gasteiger partial charge >= 0.3 is 0 Å². The molecule has 1 fully saturated rings. The van der Waals surface area contributed by atoms with E-state index in [1.54, 1.807) is 12.1 Å². The fourth-order valence-electron chi connectivity index (χ4n) is 2.86. The van der Waals surface area contributed by atoms with Crippen LogP contribution in [0.3, 0.4) is 0 Å². The van der Waals surface area contributed by atoms with Crippen LogP contribution < -0.4 is 0 Å². The number of aromatic nitrogens is 1. The molecule has 0 spiro atoms. The minimum absolute atomic E-state index is 0.175. The summed E-state index contributed by atoms with van der Waals surface area (Å²) in [5, 5.41) is 4.07. The summed E-state index contributed by atoms with van der Waals surface area (Å²) in [7, 11) is 0. The van der Waals surface area contributed by atoms with Crippen molar-refractivity contribution in [1.82, 2.24) is 10.1 Å². The highest BCUT2D eigenvalue weighted by molar-refractivity contribution is 5.17. The number of halogens is 1. The molecule has 106 valence electrons. The molecule has 1 aliphatic heterocycles. The summed E-state index contributed by atoms with van der Waals surface area (Å²) >= 11 is 0. The van der Waals surface area contributed by atoms with Crippen LogP contribution in [0.5, 0.6) is 0 Å². The van der Waals surface area contributed by atoms with Gasteiger partial charge in [-0.2, -0.15) is 0 Å². The topological polar surface area (TPSA) is 29.3 Å². The van der Waals surface area contributed by atoms with Crippen molar-refractivity contribution in [1.29, 1.82) is 0 Å². The average Bonchev–Trinajstić information content (AvgIpc) is 3.06. The van der Waals surface area contributed by atoms with Crippen molar-refractivity contribution in [2.45, 2.75) is 38.8 Å². The number of rotatable bonds is 4. The van der Waals surface area contributed by atoms with E-state index in [0.717, 1.165) is 49.4 Å². The summed E-state index contributed by atoms with van der Waals surface area (Å²) in [5.41, 5.74) is 2.00. The molecule has 3 rings (SSSR count). The molecule has 1 atom stereocenters. The molecule has 1 aromatic heterocycles. The SMILES string of the molecule is CCc1cc(C2CCCN2Cc2cccc(F)c2)on1. The molecule has 1 aromatic carbocycles. The van der Waals surface area contributed by atoms with Gasteiger partial charge in [0.15, 0.2) is 5.76 Å². The number of hydrogen-bond acceptors (Lipinski definition) is 3. The van der Waals surface area contributed by atoms with Gasteiger partial charge in [0.05, 0.1) is 11.7 Å². The molecule has 0 bridgehead atoms. The van der Waals surface area contributed by atoms with E-state index in [0.29, 0.717) is 0 Å². The lowest BCUT2D eigenvalue weighted by molar-refractivity contribution is 0.206. The Morgan fingerprint density at radius 1 is 1.40 bits per heavy atom. The molecule has 20 heavy (non-hydrogen) atoms. The van der Waals surface area contributed by atoms with Crippen LogP contribution in [-0.2, 0) is 13.0 Å². The quantitative estimate of drug-likeness (QED) is 0.851. The number of likely N-dealkylation sites (tertiary alicyclic amines) is 1. The first-order chi connectivity index (χ1) is 9.76. The van der Waals surface area contributed by atoms with E-state index < -0.39 is 0 Å². The Hall–Kier alpha value is -1.68. The van der Waals surface area contributed by atoms with Crippen LogP contribution in [0.15, 0.2) is 34.9 Å². The second-order valence-electron chi connectivity index (χ2n) is 5.33. The van der Waals surface area contributed by atoms with Gasteiger partial charge in [-0.05, 0) is 43.5 Å². The summed E-state index contributed by atoms with van der Waals surface area (Å²) < 4.78 is 18.7. The van der Waals surface area contributed by atoms with Gasteiger partial charge in [0.2, 0.25) is 0 Å². The monoisotopic (exact) mass is 274 g/mol. The minimum atomic E-state index is -0.175. The van der Waals surface area contributed by atoms with Crippen molar-refractivity contribution in [3.8, 4) is 0 Å². The highest BCUT2D eigenvalue weighted by Crippen LogP contribution is 2.33. The molecular weight excluding hydrogens is 255 g/mol. The third-order valence-corrected chi connectivity index (χ3v) is 3.91. The molecule has 2 aromatic rings. The zero-order valence-electron chi connectivity index (χ0n) is 11.7. The number of nitrogens with zero attached hydrogens (tertiary/aromatic N) is 2. The molecule has 1 unspecified atom stereocenters. The molecular formula is C16H19FN2O. The molecule has 0 N–H and O–H groups in total. The largest absolute Gasteiger partial charge is 0.359 e. The highest BCUT2D eigenvalue weighted by Gasteiger charge is 2.29. The molecule has 2 heterocycles. The number of hydrogen-bond donors (Lipinski definition) is 0. The second kappa shape index (κ2) is 5.75. The van der Waals surface area contributed by atoms with Crippen molar-refractivity contribution in [2.24, 2.45) is 0 Å². The van der Waals surface area contributed by atoms with Crippen molar-refractivity contribution < 1.29 is 8.91 Å². The van der Waals surface area contributed by atoms with Crippen molar-refractivity contribution in [3.05, 3.63) is 53.2 Å². The average molecular weight is 274 g/mol. The normalized spacial score (nSPS) is 19.6. The van der Waals surface area contributed by atoms with Gasteiger partial charge < -0.3 is 4.52 Å². The second-order valence-corrected chi connectivity index (χ2v) is 5.33. The van der Waals surface area contributed by atoms with E-state index in [1.807, 2.05) is 6.07 Å². The smallest absolute Gasteiger partial charge is 0.154 e. The van der Waals surface area contributed by atoms with Crippen molar-refractivity contribution >= 4 is 0 Å². The molecule has 0 aliphatic carbocycles. The van der Waals surface area contributed by atoms with Gasteiger partial charge in [0.25, 0.3) is 0 Å². The lowest BCUT2D eigenvalue weighted by Crippen LogP contribution is -2.22. The van der Waals surface area contributed by atoms with E-state index in [9.17, 15) is 4.39 Å². The molecule has 0 radical (unpaired) electrons. The molecule has 0 saturated carbocycles. The van der Waals surface area contributed by atoms with Crippen LogP contribution in [0, 0.1) is 5.82 Å². The van der Waals surface area contributed by atoms with Gasteiger partial charge in [-0.15, -0.1) is 0 Å². The van der Waals surface area contributed by atoms with Crippen LogP contribution in [0.2, 0.25) is 0 Å². The first kappa shape index (κ1) is 13.3. The summed E-state index contributed by atoms with van der Waals surface area (Å²) in [6.07, 6.45) is 3.11. The van der Waals surface area contributed by atoms with Crippen molar-refractivity contribution in [2.75, 3.05) is 6.54 Å². The van der Waals surface area contributed by atoms with Gasteiger partial charge in [-0.1, -0.05) is 24.2 Å². The zero-order chi connectivity index (χ0) is 13.9. The Bertz CT molecular complexity index is 581. The maximum absolute atomic E-state index is 13.3. The molecule has 3 nitrogen and oxygen atoms in total. The Morgan fingerprint density at radius 3 is 3.05 bits per heavy atom. The van der Waals surface area contributed by atoms with Gasteiger partial charge in [0.1, 0.15) is 5.82 Å². The van der Waals surface area contributed by atoms with Crippen LogP contribution in [-0.4, -0.2) is 16.6 Å². The first-order valence-electron chi connectivity index (χ1n) is 7.20. The highest BCUT2D eigenvalue weighted by atomic mass is 19.1. The van der Waals surface area contributed by atoms with Crippen LogP contribution in [0.1, 0.15) is 42.8 Å². The third kappa shape index (κ3) is 2.75. The molecule has 4 heteroatoms. The minimum Gasteiger partial charge on any atom is -0.359 e. The van der Waals surface area contributed by atoms with Crippen LogP contribution in [0.4, 0.5) is 4.39 Å². The van der Waals surface area contributed by atoms with Crippen LogP contribution in [0.25, 0.3) is 0 Å². The van der Waals surface area contributed by atoms with E-state index in [1.165, 1.54) is 6.07 Å². The van der Waals surface area contributed by atoms with E-state index in [2.05, 4.69) is 23.0 Å². The third-order valence-electron chi connectivity index (χ3n) is 3.91. The lowest BCUT2D eigenvalue weighted by Gasteiger charge is -2.22. The summed E-state index contributed by atoms with van der Waals surface area (Å²) in [5.74, 6) is 0.766. The Morgan fingerprint density at radius 2 is 2.30 bits per heavy atom. The number of benzene rings is 1. The molecule has 1 saturated heterocycles. The van der Waals surface area contributed by atoms with Gasteiger partial charge in [0, 0.05) is 12.6 Å². The number of aryl methyl sites for hydroxylation is 1. The standard InChI is InChI=1S/C16H19FN2O/c1-2-14-10-16(20-18-14)15-7-4-8-19(15)11-12-5-3-6-13(17)9-12/h3,5-6,9-10,15H,2,4,7-8,11H2,1H3. The summed E-state index contributed by atoms with van der Waals surface area (Å²) in [6.45, 7) is 3.84. The Labute approximate surface area is 118 Å². The van der Waals surface area contributed by atoms with Crippen molar-refractivity contribution in [3.63, 3.8) is 0 Å². The van der Waals surface area contributed by atoms with Crippen LogP contribution >= 0.6 is 0 Å². The first-order valence-corrected chi connectivity index (χ1v) is 7.20. The van der Waals surface area contributed by atoms with E-state index in [4.69, 9.17) is 4.52 Å². The lowest BCUT2D eigenvalue weighted by atomic mass is 10.1. The van der Waals surface area contributed by atoms with Gasteiger partial charge in [-0.25, -0.2) is 4.39 Å². The maximum atomic E-state index is 13.3. The maximum Gasteiger partial charge on any atom is 0.154 e. The molecule has 0 amide bonds. The Kier molecular flexibility index (Phi) is 3.83. The predicted molar refractivity (Wildman–Crippen MR) is 74.7 cm³/mol. The fourth-order valence-corrected chi connectivity index (χ4v) is 2.86. The molecule has 1 aliphatic rings. The van der Waals surface area contributed by atoms with E-state index in [-0.39, 0.29) is 11.9 Å². The fraction of sp³-hybridized carbons (Fsp3) is 0.438. The van der Waals surface area contributed by atoms with E-state index >= 15 is 0 Å². The van der Waals surface area contributed by atoms with Gasteiger partial charge in [-0.3, -0.25) is 4.90 Å². The summed E-state index contributed by atoms with van der Waals surface area (Å²) in [4.78, 5) is 2.34.